The average Bonchev–Trinajstić information content (AvgIpc) is 3.03. The molecule has 1 aromatic heterocycles. The molecule has 34 heavy (non-hydrogen) atoms. The Morgan fingerprint density at radius 3 is 2.35 bits per heavy atom. The SMILES string of the molecule is Cc1ccc(Cn2c(=O)/c(=C\c3ccc(N(C)C)c([N+](=O)[O-])c3)s/c2=C/C(=O)C(C)(C)C)cc1. The molecule has 0 spiro atoms. The summed E-state index contributed by atoms with van der Waals surface area (Å²) in [6.07, 6.45) is 3.17. The predicted octanol–water partition coefficient (Wildman–Crippen LogP) is 3.47. The molecular weight excluding hydrogens is 450 g/mol. The van der Waals surface area contributed by atoms with Crippen LogP contribution in [0.1, 0.15) is 37.5 Å². The lowest BCUT2D eigenvalue weighted by atomic mass is 9.91. The number of thiazole rings is 1. The standard InChI is InChI=1S/C26H29N3O4S/c1-17-7-9-18(10-8-17)16-28-24(15-23(30)26(2,3)4)34-22(25(28)31)14-19-11-12-20(27(5)6)21(13-19)29(32)33/h7-15H,16H2,1-6H3/b22-14+,24-15+. The van der Waals surface area contributed by atoms with Crippen molar-refractivity contribution >= 4 is 40.6 Å². The summed E-state index contributed by atoms with van der Waals surface area (Å²) in [5.41, 5.74) is 2.24. The van der Waals surface area contributed by atoms with Crippen molar-refractivity contribution in [3.8, 4) is 0 Å². The van der Waals surface area contributed by atoms with Crippen LogP contribution in [-0.4, -0.2) is 29.4 Å². The summed E-state index contributed by atoms with van der Waals surface area (Å²) in [6, 6.07) is 12.8. The highest BCUT2D eigenvalue weighted by molar-refractivity contribution is 7.07. The van der Waals surface area contributed by atoms with Gasteiger partial charge in [-0.2, -0.15) is 0 Å². The fourth-order valence-corrected chi connectivity index (χ4v) is 4.34. The fraction of sp³-hybridized carbons (Fsp3) is 0.308. The second-order valence-electron chi connectivity index (χ2n) is 9.48. The zero-order valence-corrected chi connectivity index (χ0v) is 21.1. The maximum absolute atomic E-state index is 13.4. The van der Waals surface area contributed by atoms with Crippen LogP contribution in [0.2, 0.25) is 0 Å². The van der Waals surface area contributed by atoms with E-state index in [4.69, 9.17) is 0 Å². The summed E-state index contributed by atoms with van der Waals surface area (Å²) in [4.78, 5) is 38.9. The Hall–Kier alpha value is -3.52. The minimum Gasteiger partial charge on any atom is -0.372 e. The van der Waals surface area contributed by atoms with E-state index in [-0.39, 0.29) is 17.0 Å². The Morgan fingerprint density at radius 2 is 1.79 bits per heavy atom. The molecule has 0 aliphatic heterocycles. The lowest BCUT2D eigenvalue weighted by Gasteiger charge is -2.13. The van der Waals surface area contributed by atoms with Crippen molar-refractivity contribution in [1.82, 2.24) is 4.57 Å². The molecule has 178 valence electrons. The largest absolute Gasteiger partial charge is 0.372 e. The number of aromatic nitrogens is 1. The highest BCUT2D eigenvalue weighted by Gasteiger charge is 2.20. The van der Waals surface area contributed by atoms with Crippen LogP contribution in [-0.2, 0) is 11.3 Å². The summed E-state index contributed by atoms with van der Waals surface area (Å²) in [6.45, 7) is 7.82. The van der Waals surface area contributed by atoms with Gasteiger partial charge < -0.3 is 4.90 Å². The number of nitrogens with zero attached hydrogens (tertiary/aromatic N) is 3. The van der Waals surface area contributed by atoms with E-state index < -0.39 is 10.3 Å². The van der Waals surface area contributed by atoms with Crippen molar-refractivity contribution in [2.45, 2.75) is 34.2 Å². The van der Waals surface area contributed by atoms with Crippen LogP contribution in [0.15, 0.2) is 47.3 Å². The van der Waals surface area contributed by atoms with Crippen LogP contribution < -0.4 is 19.7 Å². The number of nitro benzene ring substituents is 1. The minimum absolute atomic E-state index is 0.0371. The minimum atomic E-state index is -0.582. The first-order valence-electron chi connectivity index (χ1n) is 10.9. The molecule has 3 rings (SSSR count). The van der Waals surface area contributed by atoms with Crippen LogP contribution in [0.25, 0.3) is 12.2 Å². The van der Waals surface area contributed by atoms with Gasteiger partial charge in [0.05, 0.1) is 16.0 Å². The maximum atomic E-state index is 13.4. The van der Waals surface area contributed by atoms with E-state index >= 15 is 0 Å². The summed E-state index contributed by atoms with van der Waals surface area (Å²) < 4.78 is 2.55. The Morgan fingerprint density at radius 1 is 1.15 bits per heavy atom. The first kappa shape index (κ1) is 25.1. The quantitative estimate of drug-likeness (QED) is 0.399. The molecule has 0 saturated heterocycles. The zero-order chi connectivity index (χ0) is 25.2. The number of hydrogen-bond acceptors (Lipinski definition) is 6. The van der Waals surface area contributed by atoms with Gasteiger partial charge in [0.25, 0.3) is 11.2 Å². The molecule has 2 aromatic carbocycles. The molecule has 0 saturated carbocycles. The molecule has 0 fully saturated rings. The number of benzene rings is 2. The third kappa shape index (κ3) is 5.69. The molecule has 0 radical (unpaired) electrons. The van der Waals surface area contributed by atoms with Crippen molar-refractivity contribution in [1.29, 1.82) is 0 Å². The van der Waals surface area contributed by atoms with Gasteiger partial charge in [-0.1, -0.05) is 56.7 Å². The number of nitro groups is 1. The first-order valence-corrected chi connectivity index (χ1v) is 11.7. The van der Waals surface area contributed by atoms with E-state index in [2.05, 4.69) is 0 Å². The fourth-order valence-electron chi connectivity index (χ4n) is 3.30. The second kappa shape index (κ2) is 9.77. The third-order valence-electron chi connectivity index (χ3n) is 5.37. The zero-order valence-electron chi connectivity index (χ0n) is 20.3. The van der Waals surface area contributed by atoms with E-state index in [1.54, 1.807) is 41.8 Å². The number of aryl methyl sites for hydroxylation is 1. The monoisotopic (exact) mass is 479 g/mol. The van der Waals surface area contributed by atoms with Crippen LogP contribution in [0.5, 0.6) is 0 Å². The van der Waals surface area contributed by atoms with Gasteiger partial charge in [-0.3, -0.25) is 24.3 Å². The van der Waals surface area contributed by atoms with Gasteiger partial charge in [0, 0.05) is 31.7 Å². The van der Waals surface area contributed by atoms with Gasteiger partial charge in [-0.25, -0.2) is 0 Å². The lowest BCUT2D eigenvalue weighted by molar-refractivity contribution is -0.384. The Labute approximate surface area is 202 Å². The number of carbonyl (C=O) groups is 1. The maximum Gasteiger partial charge on any atom is 0.293 e. The lowest BCUT2D eigenvalue weighted by Crippen LogP contribution is -2.32. The average molecular weight is 480 g/mol. The summed E-state index contributed by atoms with van der Waals surface area (Å²) >= 11 is 1.21. The van der Waals surface area contributed by atoms with Gasteiger partial charge in [0.15, 0.2) is 5.78 Å². The highest BCUT2D eigenvalue weighted by atomic mass is 32.1. The molecule has 0 atom stereocenters. The topological polar surface area (TPSA) is 85.4 Å². The van der Waals surface area contributed by atoms with Crippen LogP contribution in [0, 0.1) is 22.5 Å². The summed E-state index contributed by atoms with van der Waals surface area (Å²) in [7, 11) is 3.48. The van der Waals surface area contributed by atoms with E-state index in [0.29, 0.717) is 27.0 Å². The number of hydrogen-bond donors (Lipinski definition) is 0. The third-order valence-corrected chi connectivity index (χ3v) is 6.43. The normalized spacial score (nSPS) is 12.8. The van der Waals surface area contributed by atoms with Gasteiger partial charge >= 0.3 is 0 Å². The second-order valence-corrected chi connectivity index (χ2v) is 10.5. The molecule has 8 heteroatoms. The Kier molecular flexibility index (Phi) is 7.21. The smallest absolute Gasteiger partial charge is 0.293 e. The number of carbonyl (C=O) groups excluding carboxylic acids is 1. The molecule has 1 heterocycles. The van der Waals surface area contributed by atoms with Gasteiger partial charge in [-0.05, 0) is 30.2 Å². The molecular formula is C26H29N3O4S. The van der Waals surface area contributed by atoms with Crippen molar-refractivity contribution in [2.75, 3.05) is 19.0 Å². The molecule has 0 bridgehead atoms. The summed E-state index contributed by atoms with van der Waals surface area (Å²) in [5, 5.41) is 11.6. The number of anilines is 1. The molecule has 0 unspecified atom stereocenters. The highest BCUT2D eigenvalue weighted by Crippen LogP contribution is 2.27. The molecule has 0 aliphatic rings. The van der Waals surface area contributed by atoms with Crippen LogP contribution in [0.4, 0.5) is 11.4 Å². The summed E-state index contributed by atoms with van der Waals surface area (Å²) in [5.74, 6) is -0.0797. The predicted molar refractivity (Wildman–Crippen MR) is 138 cm³/mol. The van der Waals surface area contributed by atoms with E-state index in [1.807, 2.05) is 52.0 Å². The first-order chi connectivity index (χ1) is 15.9. The van der Waals surface area contributed by atoms with E-state index in [0.717, 1.165) is 11.1 Å². The van der Waals surface area contributed by atoms with Crippen LogP contribution in [0.3, 0.4) is 0 Å². The number of ketones is 1. The van der Waals surface area contributed by atoms with Crippen molar-refractivity contribution < 1.29 is 9.72 Å². The molecule has 0 N–H and O–H groups in total. The van der Waals surface area contributed by atoms with Crippen molar-refractivity contribution in [3.63, 3.8) is 0 Å². The number of Topliss-reactive ketones (excluding diaryl/α,β-unsaturated/α-hetero) is 1. The molecule has 3 aromatic rings. The van der Waals surface area contributed by atoms with Crippen LogP contribution >= 0.6 is 11.3 Å². The van der Waals surface area contributed by atoms with Gasteiger partial charge in [-0.15, -0.1) is 11.3 Å². The Bertz CT molecular complexity index is 1410. The number of rotatable bonds is 6. The Balaban J connectivity index is 2.20. The van der Waals surface area contributed by atoms with E-state index in [9.17, 15) is 19.7 Å². The molecule has 0 amide bonds. The van der Waals surface area contributed by atoms with Gasteiger partial charge in [0.2, 0.25) is 0 Å². The van der Waals surface area contributed by atoms with Crippen molar-refractivity contribution in [3.05, 3.63) is 88.8 Å². The van der Waals surface area contributed by atoms with Gasteiger partial charge in [0.1, 0.15) is 10.4 Å². The molecule has 7 nitrogen and oxygen atoms in total. The molecule has 0 aliphatic carbocycles. The van der Waals surface area contributed by atoms with E-state index in [1.165, 1.54) is 23.5 Å². The van der Waals surface area contributed by atoms with Crippen molar-refractivity contribution in [2.24, 2.45) is 5.41 Å².